The third-order valence-corrected chi connectivity index (χ3v) is 8.16. The number of carbonyl (C=O) groups excluding carboxylic acids is 1. The molecule has 2 heterocycles. The highest BCUT2D eigenvalue weighted by molar-refractivity contribution is 7.89. The molecule has 0 radical (unpaired) electrons. The van der Waals surface area contributed by atoms with Crippen molar-refractivity contribution in [3.05, 3.63) is 83.8 Å². The first-order valence-electron chi connectivity index (χ1n) is 13.5. The number of carboxylic acid groups (broad SMARTS) is 1. The average molecular weight is 583 g/mol. The van der Waals surface area contributed by atoms with E-state index in [1.165, 1.54) is 34.4 Å². The Morgan fingerprint density at radius 3 is 2.22 bits per heavy atom. The van der Waals surface area contributed by atoms with Gasteiger partial charge < -0.3 is 9.84 Å². The summed E-state index contributed by atoms with van der Waals surface area (Å²) in [7, 11) is -3.99. The van der Waals surface area contributed by atoms with Crippen LogP contribution in [0.2, 0.25) is 0 Å². The van der Waals surface area contributed by atoms with E-state index in [-0.39, 0.29) is 23.8 Å². The fourth-order valence-electron chi connectivity index (χ4n) is 4.31. The molecule has 1 aromatic carbocycles. The predicted octanol–water partition coefficient (Wildman–Crippen LogP) is 5.60. The Kier molecular flexibility index (Phi) is 10.6. The summed E-state index contributed by atoms with van der Waals surface area (Å²) < 4.78 is 34.1. The van der Waals surface area contributed by atoms with Crippen molar-refractivity contribution in [2.24, 2.45) is 0 Å². The largest absolute Gasteiger partial charge is 0.480 e. The Hall–Kier alpha value is -3.83. The van der Waals surface area contributed by atoms with Crippen LogP contribution < -0.4 is 4.90 Å². The van der Waals surface area contributed by atoms with Crippen LogP contribution >= 0.6 is 0 Å². The fraction of sp³-hybridized carbons (Fsp3) is 0.400. The number of ether oxygens (including phenoxy) is 1. The number of carboxylic acids is 1. The number of carbonyl (C=O) groups is 2. The Morgan fingerprint density at radius 1 is 0.976 bits per heavy atom. The second kappa shape index (κ2) is 13.7. The van der Waals surface area contributed by atoms with Crippen molar-refractivity contribution in [3.8, 4) is 0 Å². The molecular formula is C30H38N4O6S. The van der Waals surface area contributed by atoms with Crippen LogP contribution in [0.5, 0.6) is 0 Å². The normalized spacial score (nSPS) is 12.0. The zero-order valence-electron chi connectivity index (χ0n) is 24.1. The van der Waals surface area contributed by atoms with E-state index in [1.807, 2.05) is 24.3 Å². The molecule has 0 fully saturated rings. The number of benzene rings is 1. The molecule has 10 nitrogen and oxygen atoms in total. The SMILES string of the molecule is CCC(CC)c1ccc(CN(Cc2cccc(N(CC(=O)O)C(=O)OC(C)(C)C)n2)S(=O)(=O)c2cccnc2)cc1. The molecule has 0 atom stereocenters. The van der Waals surface area contributed by atoms with Crippen LogP contribution in [-0.2, 0) is 32.6 Å². The number of amides is 1. The van der Waals surface area contributed by atoms with Gasteiger partial charge in [0.2, 0.25) is 10.0 Å². The molecule has 3 rings (SSSR count). The lowest BCUT2D eigenvalue weighted by Gasteiger charge is -2.26. The van der Waals surface area contributed by atoms with E-state index in [1.54, 1.807) is 39.0 Å². The van der Waals surface area contributed by atoms with Gasteiger partial charge in [0.1, 0.15) is 22.9 Å². The van der Waals surface area contributed by atoms with Gasteiger partial charge in [-0.25, -0.2) is 18.2 Å². The maximum Gasteiger partial charge on any atom is 0.416 e. The van der Waals surface area contributed by atoms with Gasteiger partial charge in [-0.2, -0.15) is 4.31 Å². The summed E-state index contributed by atoms with van der Waals surface area (Å²) in [5.41, 5.74) is 1.46. The van der Waals surface area contributed by atoms with Crippen molar-refractivity contribution in [2.45, 2.75) is 77.0 Å². The summed E-state index contributed by atoms with van der Waals surface area (Å²) in [6, 6.07) is 15.7. The Labute approximate surface area is 242 Å². The summed E-state index contributed by atoms with van der Waals surface area (Å²) in [5.74, 6) is -0.780. The number of anilines is 1. The van der Waals surface area contributed by atoms with E-state index in [0.717, 1.165) is 23.3 Å². The van der Waals surface area contributed by atoms with Gasteiger partial charge in [0, 0.05) is 18.9 Å². The molecular weight excluding hydrogens is 544 g/mol. The Morgan fingerprint density at radius 2 is 1.66 bits per heavy atom. The highest BCUT2D eigenvalue weighted by Gasteiger charge is 2.28. The summed E-state index contributed by atoms with van der Waals surface area (Å²) in [5, 5.41) is 9.42. The molecule has 220 valence electrons. The highest BCUT2D eigenvalue weighted by atomic mass is 32.2. The van der Waals surface area contributed by atoms with Gasteiger partial charge in [0.25, 0.3) is 0 Å². The first-order chi connectivity index (χ1) is 19.3. The van der Waals surface area contributed by atoms with Crippen LogP contribution in [0.15, 0.2) is 71.9 Å². The number of aliphatic carboxylic acids is 1. The van der Waals surface area contributed by atoms with Crippen molar-refractivity contribution in [2.75, 3.05) is 11.4 Å². The van der Waals surface area contributed by atoms with E-state index < -0.39 is 34.2 Å². The number of hydrogen-bond donors (Lipinski definition) is 1. The maximum absolute atomic E-state index is 13.7. The molecule has 11 heteroatoms. The smallest absolute Gasteiger partial charge is 0.416 e. The lowest BCUT2D eigenvalue weighted by Crippen LogP contribution is -2.40. The standard InChI is InChI=1S/C30H38N4O6S/c1-6-23(7-2)24-15-13-22(14-16-24)19-33(41(38,39)26-11-9-17-31-18-26)20-25-10-8-12-27(32-25)34(21-28(35)36)29(37)40-30(3,4)5/h8-18,23H,6-7,19-21H2,1-5H3,(H,35,36). The predicted molar refractivity (Wildman–Crippen MR) is 156 cm³/mol. The molecule has 0 saturated carbocycles. The number of sulfonamides is 1. The zero-order chi connectivity index (χ0) is 30.2. The first-order valence-corrected chi connectivity index (χ1v) is 14.9. The van der Waals surface area contributed by atoms with Gasteiger partial charge in [0.05, 0.1) is 12.2 Å². The minimum atomic E-state index is -3.99. The second-order valence-electron chi connectivity index (χ2n) is 10.7. The van der Waals surface area contributed by atoms with Crippen molar-refractivity contribution in [1.82, 2.24) is 14.3 Å². The van der Waals surface area contributed by atoms with Crippen LogP contribution in [0.25, 0.3) is 0 Å². The van der Waals surface area contributed by atoms with Crippen LogP contribution in [0.3, 0.4) is 0 Å². The number of rotatable bonds is 12. The molecule has 0 aliphatic heterocycles. The molecule has 0 bridgehead atoms. The molecule has 1 N–H and O–H groups in total. The van der Waals surface area contributed by atoms with Crippen LogP contribution in [0.1, 0.15) is 70.2 Å². The number of pyridine rings is 2. The minimum Gasteiger partial charge on any atom is -0.480 e. The van der Waals surface area contributed by atoms with Gasteiger partial charge in [-0.3, -0.25) is 14.7 Å². The van der Waals surface area contributed by atoms with Gasteiger partial charge in [-0.05, 0) is 74.9 Å². The number of hydrogen-bond acceptors (Lipinski definition) is 7. The molecule has 0 unspecified atom stereocenters. The highest BCUT2D eigenvalue weighted by Crippen LogP contribution is 2.26. The summed E-state index contributed by atoms with van der Waals surface area (Å²) in [4.78, 5) is 33.7. The van der Waals surface area contributed by atoms with E-state index in [0.29, 0.717) is 11.6 Å². The van der Waals surface area contributed by atoms with Crippen molar-refractivity contribution in [1.29, 1.82) is 0 Å². The molecule has 0 aliphatic rings. The zero-order valence-corrected chi connectivity index (χ0v) is 25.0. The molecule has 1 amide bonds. The van der Waals surface area contributed by atoms with E-state index in [4.69, 9.17) is 4.74 Å². The number of nitrogens with zero attached hydrogens (tertiary/aromatic N) is 4. The fourth-order valence-corrected chi connectivity index (χ4v) is 5.67. The quantitative estimate of drug-likeness (QED) is 0.292. The van der Waals surface area contributed by atoms with Crippen molar-refractivity contribution < 1.29 is 27.9 Å². The summed E-state index contributed by atoms with van der Waals surface area (Å²) >= 11 is 0. The summed E-state index contributed by atoms with van der Waals surface area (Å²) in [6.07, 6.45) is 3.95. The first kappa shape index (κ1) is 31.7. The topological polar surface area (TPSA) is 130 Å². The molecule has 3 aromatic rings. The lowest BCUT2D eigenvalue weighted by molar-refractivity contribution is -0.135. The van der Waals surface area contributed by atoms with E-state index in [2.05, 4.69) is 23.8 Å². The van der Waals surface area contributed by atoms with Gasteiger partial charge in [0.15, 0.2) is 0 Å². The second-order valence-corrected chi connectivity index (χ2v) is 12.6. The van der Waals surface area contributed by atoms with Crippen LogP contribution in [0.4, 0.5) is 10.6 Å². The Bertz CT molecular complexity index is 1420. The van der Waals surface area contributed by atoms with Crippen LogP contribution in [0, 0.1) is 0 Å². The molecule has 0 spiro atoms. The van der Waals surface area contributed by atoms with Gasteiger partial charge >= 0.3 is 12.1 Å². The van der Waals surface area contributed by atoms with Crippen molar-refractivity contribution in [3.63, 3.8) is 0 Å². The lowest BCUT2D eigenvalue weighted by atomic mass is 9.93. The van der Waals surface area contributed by atoms with Crippen LogP contribution in [-0.4, -0.2) is 52.0 Å². The molecule has 41 heavy (non-hydrogen) atoms. The van der Waals surface area contributed by atoms with E-state index >= 15 is 0 Å². The monoisotopic (exact) mass is 582 g/mol. The molecule has 0 saturated heterocycles. The third kappa shape index (κ3) is 8.83. The third-order valence-electron chi connectivity index (χ3n) is 6.38. The molecule has 0 aliphatic carbocycles. The van der Waals surface area contributed by atoms with Gasteiger partial charge in [-0.15, -0.1) is 0 Å². The minimum absolute atomic E-state index is 0.0334. The van der Waals surface area contributed by atoms with Gasteiger partial charge in [-0.1, -0.05) is 44.2 Å². The Balaban J connectivity index is 1.97. The van der Waals surface area contributed by atoms with E-state index in [9.17, 15) is 23.1 Å². The number of aromatic nitrogens is 2. The maximum atomic E-state index is 13.7. The summed E-state index contributed by atoms with van der Waals surface area (Å²) in [6.45, 7) is 8.57. The molecule has 2 aromatic heterocycles. The average Bonchev–Trinajstić information content (AvgIpc) is 2.92. The van der Waals surface area contributed by atoms with Crippen molar-refractivity contribution >= 4 is 27.9 Å².